The maximum atomic E-state index is 11.6. The van der Waals surface area contributed by atoms with Crippen LogP contribution in [0.2, 0.25) is 0 Å². The molecule has 0 spiro atoms. The summed E-state index contributed by atoms with van der Waals surface area (Å²) in [5.41, 5.74) is 1.57. The van der Waals surface area contributed by atoms with Crippen molar-refractivity contribution in [3.8, 4) is 0 Å². The number of hydrogen-bond donors (Lipinski definition) is 2. The van der Waals surface area contributed by atoms with Gasteiger partial charge in [-0.2, -0.15) is 0 Å². The molecule has 1 amide bonds. The molecule has 0 aliphatic carbocycles. The zero-order chi connectivity index (χ0) is 13.2. The fourth-order valence-electron chi connectivity index (χ4n) is 1.82. The van der Waals surface area contributed by atoms with E-state index in [0.29, 0.717) is 5.92 Å². The van der Waals surface area contributed by atoms with Gasteiger partial charge in [-0.05, 0) is 38.5 Å². The van der Waals surface area contributed by atoms with Crippen molar-refractivity contribution in [2.75, 3.05) is 18.4 Å². The summed E-state index contributed by atoms with van der Waals surface area (Å²) in [5.74, 6) is 0.561. The van der Waals surface area contributed by atoms with E-state index in [4.69, 9.17) is 4.74 Å². The largest absolute Gasteiger partial charge is 0.444 e. The molecule has 0 aromatic heterocycles. The first kappa shape index (κ1) is 12.9. The molecule has 4 nitrogen and oxygen atoms in total. The second kappa shape index (κ2) is 4.98. The van der Waals surface area contributed by atoms with Crippen molar-refractivity contribution < 1.29 is 9.53 Å². The average Bonchev–Trinajstić information content (AvgIpc) is 2.11. The van der Waals surface area contributed by atoms with E-state index in [9.17, 15) is 4.79 Å². The van der Waals surface area contributed by atoms with E-state index in [1.54, 1.807) is 0 Å². The smallest absolute Gasteiger partial charge is 0.412 e. The van der Waals surface area contributed by atoms with Gasteiger partial charge < -0.3 is 10.1 Å². The van der Waals surface area contributed by atoms with Crippen LogP contribution in [0, 0.1) is 0 Å². The van der Waals surface area contributed by atoms with Gasteiger partial charge in [0.2, 0.25) is 0 Å². The molecule has 0 atom stereocenters. The SMILES string of the molecule is CC(C)(C)OC(=O)Nc1cccc(C2CNC2)c1. The minimum Gasteiger partial charge on any atom is -0.444 e. The summed E-state index contributed by atoms with van der Waals surface area (Å²) >= 11 is 0. The Labute approximate surface area is 108 Å². The first-order chi connectivity index (χ1) is 8.44. The summed E-state index contributed by atoms with van der Waals surface area (Å²) in [6.45, 7) is 7.57. The van der Waals surface area contributed by atoms with Crippen LogP contribution in [0.25, 0.3) is 0 Å². The molecule has 1 heterocycles. The molecule has 1 aromatic carbocycles. The van der Waals surface area contributed by atoms with E-state index in [-0.39, 0.29) is 0 Å². The number of carbonyl (C=O) groups is 1. The number of benzene rings is 1. The van der Waals surface area contributed by atoms with Crippen LogP contribution in [0.3, 0.4) is 0 Å². The Kier molecular flexibility index (Phi) is 3.57. The normalized spacial score (nSPS) is 15.9. The molecule has 0 bridgehead atoms. The molecular formula is C14H20N2O2. The number of anilines is 1. The molecule has 1 aliphatic rings. The van der Waals surface area contributed by atoms with Crippen molar-refractivity contribution in [3.63, 3.8) is 0 Å². The van der Waals surface area contributed by atoms with Crippen molar-refractivity contribution >= 4 is 11.8 Å². The average molecular weight is 248 g/mol. The third-order valence-electron chi connectivity index (χ3n) is 2.78. The standard InChI is InChI=1S/C14H20N2O2/c1-14(2,3)18-13(17)16-12-6-4-5-10(7-12)11-8-15-9-11/h4-7,11,15H,8-9H2,1-3H3,(H,16,17). The van der Waals surface area contributed by atoms with Gasteiger partial charge in [0.05, 0.1) is 0 Å². The van der Waals surface area contributed by atoms with Crippen LogP contribution < -0.4 is 10.6 Å². The Hall–Kier alpha value is -1.55. The molecule has 2 N–H and O–H groups in total. The van der Waals surface area contributed by atoms with Gasteiger partial charge in [0, 0.05) is 24.7 Å². The zero-order valence-corrected chi connectivity index (χ0v) is 11.1. The molecule has 4 heteroatoms. The van der Waals surface area contributed by atoms with Crippen LogP contribution in [0.5, 0.6) is 0 Å². The number of carbonyl (C=O) groups excluding carboxylic acids is 1. The maximum Gasteiger partial charge on any atom is 0.412 e. The van der Waals surface area contributed by atoms with Crippen LogP contribution >= 0.6 is 0 Å². The molecule has 2 rings (SSSR count). The minimum absolute atomic E-state index is 0.411. The van der Waals surface area contributed by atoms with Crippen molar-refractivity contribution in [2.24, 2.45) is 0 Å². The van der Waals surface area contributed by atoms with Crippen molar-refractivity contribution in [1.82, 2.24) is 5.32 Å². The topological polar surface area (TPSA) is 50.4 Å². The molecule has 0 unspecified atom stereocenters. The Morgan fingerprint density at radius 1 is 1.39 bits per heavy atom. The molecular weight excluding hydrogens is 228 g/mol. The summed E-state index contributed by atoms with van der Waals surface area (Å²) in [7, 11) is 0. The van der Waals surface area contributed by atoms with Gasteiger partial charge in [0.1, 0.15) is 5.60 Å². The predicted molar refractivity (Wildman–Crippen MR) is 71.9 cm³/mol. The molecule has 98 valence electrons. The lowest BCUT2D eigenvalue weighted by Gasteiger charge is -2.27. The van der Waals surface area contributed by atoms with E-state index in [1.165, 1.54) is 5.56 Å². The van der Waals surface area contributed by atoms with Crippen LogP contribution in [0.4, 0.5) is 10.5 Å². The highest BCUT2D eigenvalue weighted by molar-refractivity contribution is 5.84. The van der Waals surface area contributed by atoms with E-state index in [2.05, 4.69) is 16.7 Å². The number of amides is 1. The fraction of sp³-hybridized carbons (Fsp3) is 0.500. The summed E-state index contributed by atoms with van der Waals surface area (Å²) < 4.78 is 5.22. The number of nitrogens with one attached hydrogen (secondary N) is 2. The Balaban J connectivity index is 1.98. The second-order valence-electron chi connectivity index (χ2n) is 5.61. The Bertz CT molecular complexity index is 434. The monoisotopic (exact) mass is 248 g/mol. The van der Waals surface area contributed by atoms with E-state index < -0.39 is 11.7 Å². The zero-order valence-electron chi connectivity index (χ0n) is 11.1. The second-order valence-corrected chi connectivity index (χ2v) is 5.61. The van der Waals surface area contributed by atoms with Gasteiger partial charge in [0.25, 0.3) is 0 Å². The summed E-state index contributed by atoms with van der Waals surface area (Å²) in [4.78, 5) is 11.6. The van der Waals surface area contributed by atoms with Gasteiger partial charge >= 0.3 is 6.09 Å². The first-order valence-corrected chi connectivity index (χ1v) is 6.25. The van der Waals surface area contributed by atoms with E-state index >= 15 is 0 Å². The van der Waals surface area contributed by atoms with Gasteiger partial charge in [-0.3, -0.25) is 5.32 Å². The van der Waals surface area contributed by atoms with Crippen LogP contribution in [-0.2, 0) is 4.74 Å². The quantitative estimate of drug-likeness (QED) is 0.846. The predicted octanol–water partition coefficient (Wildman–Crippen LogP) is 2.72. The Morgan fingerprint density at radius 2 is 2.11 bits per heavy atom. The van der Waals surface area contributed by atoms with E-state index in [0.717, 1.165) is 18.8 Å². The summed E-state index contributed by atoms with van der Waals surface area (Å²) in [6, 6.07) is 7.93. The molecule has 0 saturated carbocycles. The van der Waals surface area contributed by atoms with Gasteiger partial charge in [-0.1, -0.05) is 12.1 Å². The molecule has 1 aliphatic heterocycles. The van der Waals surface area contributed by atoms with Crippen LogP contribution in [0.15, 0.2) is 24.3 Å². The van der Waals surface area contributed by atoms with Crippen molar-refractivity contribution in [3.05, 3.63) is 29.8 Å². The lowest BCUT2D eigenvalue weighted by Crippen LogP contribution is -2.39. The maximum absolute atomic E-state index is 11.6. The van der Waals surface area contributed by atoms with Gasteiger partial charge in [-0.25, -0.2) is 4.79 Å². The lowest BCUT2D eigenvalue weighted by atomic mass is 9.93. The molecule has 1 saturated heterocycles. The highest BCUT2D eigenvalue weighted by atomic mass is 16.6. The van der Waals surface area contributed by atoms with Crippen LogP contribution in [-0.4, -0.2) is 24.8 Å². The third-order valence-corrected chi connectivity index (χ3v) is 2.78. The number of rotatable bonds is 2. The molecule has 0 radical (unpaired) electrons. The van der Waals surface area contributed by atoms with E-state index in [1.807, 2.05) is 39.0 Å². The number of hydrogen-bond acceptors (Lipinski definition) is 3. The highest BCUT2D eigenvalue weighted by Crippen LogP contribution is 2.22. The fourth-order valence-corrected chi connectivity index (χ4v) is 1.82. The molecule has 1 fully saturated rings. The van der Waals surface area contributed by atoms with Crippen molar-refractivity contribution in [1.29, 1.82) is 0 Å². The summed E-state index contributed by atoms with van der Waals surface area (Å²) in [6.07, 6.45) is -0.411. The Morgan fingerprint density at radius 3 is 2.67 bits per heavy atom. The van der Waals surface area contributed by atoms with Crippen LogP contribution in [0.1, 0.15) is 32.3 Å². The van der Waals surface area contributed by atoms with Gasteiger partial charge in [-0.15, -0.1) is 0 Å². The first-order valence-electron chi connectivity index (χ1n) is 6.25. The molecule has 1 aromatic rings. The summed E-state index contributed by atoms with van der Waals surface area (Å²) in [5, 5.41) is 6.00. The minimum atomic E-state index is -0.473. The third kappa shape index (κ3) is 3.47. The van der Waals surface area contributed by atoms with Crippen molar-refractivity contribution in [2.45, 2.75) is 32.3 Å². The highest BCUT2D eigenvalue weighted by Gasteiger charge is 2.20. The van der Waals surface area contributed by atoms with Gasteiger partial charge in [0.15, 0.2) is 0 Å². The lowest BCUT2D eigenvalue weighted by molar-refractivity contribution is 0.0636. The number of ether oxygens (including phenoxy) is 1. The molecule has 18 heavy (non-hydrogen) atoms.